The molecule has 1 aliphatic carbocycles. The summed E-state index contributed by atoms with van der Waals surface area (Å²) in [7, 11) is -1.05. The summed E-state index contributed by atoms with van der Waals surface area (Å²) in [4.78, 5) is 2.12. The van der Waals surface area contributed by atoms with E-state index in [9.17, 15) is 17.4 Å². The van der Waals surface area contributed by atoms with Crippen molar-refractivity contribution in [2.75, 3.05) is 45.6 Å². The van der Waals surface area contributed by atoms with Crippen LogP contribution in [0.2, 0.25) is 0 Å². The van der Waals surface area contributed by atoms with Crippen molar-refractivity contribution in [2.24, 2.45) is 17.8 Å². The zero-order valence-electron chi connectivity index (χ0n) is 17.7. The van der Waals surface area contributed by atoms with Crippen molar-refractivity contribution in [3.8, 4) is 5.75 Å². The highest BCUT2D eigenvalue weighted by Crippen LogP contribution is 2.52. The van der Waals surface area contributed by atoms with Gasteiger partial charge in [0.2, 0.25) is 0 Å². The molecule has 4 atom stereocenters. The Bertz CT molecular complexity index is 835. The smallest absolute Gasteiger partial charge is 0.190 e. The van der Waals surface area contributed by atoms with Gasteiger partial charge >= 0.3 is 0 Å². The first-order chi connectivity index (χ1) is 14.1. The summed E-state index contributed by atoms with van der Waals surface area (Å²) >= 11 is 0. The van der Waals surface area contributed by atoms with Gasteiger partial charge in [-0.25, -0.2) is 21.7 Å². The van der Waals surface area contributed by atoms with Gasteiger partial charge in [0.25, 0.3) is 0 Å². The fraction of sp³-hybridized carbons (Fsp3) is 0.636. The van der Waals surface area contributed by atoms with Crippen LogP contribution in [0.4, 0.5) is 13.2 Å². The lowest BCUT2D eigenvalue weighted by Crippen LogP contribution is -2.36. The molecule has 8 heteroatoms. The van der Waals surface area contributed by atoms with Crippen LogP contribution in [0.15, 0.2) is 18.2 Å². The maximum atomic E-state index is 14.6. The minimum absolute atomic E-state index is 0.282. The summed E-state index contributed by atoms with van der Waals surface area (Å²) in [6.45, 7) is 6.61. The standard InChI is InChI=1S/C22H29F3N2O2S/c1-22(2,25)13-26-10-16-17(11-26)18(16)12-29-21-19(23)8-15(9-20(21)24)14-4-6-27(7-5-14)30(3)28/h4,8-9,16-18H,5-7,10-13H2,1-3H3/t16-,17?,18?,30?/m1/s1. The Morgan fingerprint density at radius 2 is 1.83 bits per heavy atom. The molecule has 0 bridgehead atoms. The third kappa shape index (κ3) is 4.75. The number of piperidine rings is 1. The summed E-state index contributed by atoms with van der Waals surface area (Å²) in [6, 6.07) is 2.64. The van der Waals surface area contributed by atoms with E-state index < -0.39 is 28.3 Å². The quantitative estimate of drug-likeness (QED) is 0.646. The van der Waals surface area contributed by atoms with Crippen LogP contribution >= 0.6 is 0 Å². The van der Waals surface area contributed by atoms with Gasteiger partial charge in [-0.1, -0.05) is 6.08 Å². The van der Waals surface area contributed by atoms with E-state index in [1.54, 1.807) is 24.4 Å². The van der Waals surface area contributed by atoms with Crippen LogP contribution in [0, 0.1) is 29.4 Å². The molecular weight excluding hydrogens is 413 g/mol. The van der Waals surface area contributed by atoms with Gasteiger partial charge in [-0.3, -0.25) is 4.90 Å². The number of fused-ring (bicyclic) bond motifs is 1. The highest BCUT2D eigenvalue weighted by molar-refractivity contribution is 7.81. The topological polar surface area (TPSA) is 32.8 Å². The molecule has 30 heavy (non-hydrogen) atoms. The van der Waals surface area contributed by atoms with E-state index in [-0.39, 0.29) is 18.3 Å². The van der Waals surface area contributed by atoms with Crippen LogP contribution in [0.25, 0.3) is 5.57 Å². The van der Waals surface area contributed by atoms with Crippen molar-refractivity contribution < 1.29 is 22.1 Å². The van der Waals surface area contributed by atoms with Crippen molar-refractivity contribution in [1.82, 2.24) is 9.21 Å². The summed E-state index contributed by atoms with van der Waals surface area (Å²) in [6.07, 6.45) is 4.09. The molecule has 4 rings (SSSR count). The maximum absolute atomic E-state index is 14.6. The number of ether oxygens (including phenoxy) is 1. The van der Waals surface area contributed by atoms with Gasteiger partial charge < -0.3 is 4.74 Å². The summed E-state index contributed by atoms with van der Waals surface area (Å²) < 4.78 is 61.8. The van der Waals surface area contributed by atoms with Gasteiger partial charge in [-0.15, -0.1) is 0 Å². The zero-order chi connectivity index (χ0) is 21.6. The molecule has 4 nitrogen and oxygen atoms in total. The lowest BCUT2D eigenvalue weighted by molar-refractivity contribution is 0.126. The van der Waals surface area contributed by atoms with Crippen LogP contribution in [0.1, 0.15) is 25.8 Å². The monoisotopic (exact) mass is 442 g/mol. The van der Waals surface area contributed by atoms with Gasteiger partial charge in [0.05, 0.1) is 17.6 Å². The van der Waals surface area contributed by atoms with Crippen molar-refractivity contribution in [3.63, 3.8) is 0 Å². The molecule has 0 aromatic heterocycles. The molecule has 1 aromatic rings. The largest absolute Gasteiger partial charge is 0.487 e. The highest BCUT2D eigenvalue weighted by Gasteiger charge is 2.56. The number of hydrogen-bond acceptors (Lipinski definition) is 3. The number of nitrogens with zero attached hydrogens (tertiary/aromatic N) is 2. The lowest BCUT2D eigenvalue weighted by atomic mass is 10.00. The number of benzene rings is 1. The number of halogens is 3. The van der Waals surface area contributed by atoms with Crippen LogP contribution in [-0.4, -0.2) is 64.7 Å². The molecule has 2 heterocycles. The Labute approximate surface area is 178 Å². The summed E-state index contributed by atoms with van der Waals surface area (Å²) in [5.41, 5.74) is 0.150. The average molecular weight is 443 g/mol. The lowest BCUT2D eigenvalue weighted by Gasteiger charge is -2.25. The summed E-state index contributed by atoms with van der Waals surface area (Å²) in [5, 5.41) is 0. The highest BCUT2D eigenvalue weighted by atomic mass is 32.2. The van der Waals surface area contributed by atoms with Gasteiger partial charge in [0.15, 0.2) is 17.4 Å². The summed E-state index contributed by atoms with van der Waals surface area (Å²) in [5.74, 6) is -0.574. The van der Waals surface area contributed by atoms with Crippen molar-refractivity contribution in [1.29, 1.82) is 0 Å². The Balaban J connectivity index is 1.33. The second-order valence-corrected chi connectivity index (χ2v) is 10.6. The maximum Gasteiger partial charge on any atom is 0.190 e. The predicted molar refractivity (Wildman–Crippen MR) is 112 cm³/mol. The molecule has 3 aliphatic rings. The van der Waals surface area contributed by atoms with Crippen molar-refractivity contribution in [2.45, 2.75) is 25.9 Å². The SMILES string of the molecule is CS(=O)N1CC=C(c2cc(F)c(OCC3C4CN(CC(C)(C)F)C[C@@H]34)c(F)c2)CC1. The van der Waals surface area contributed by atoms with Gasteiger partial charge in [-0.2, -0.15) is 0 Å². The minimum Gasteiger partial charge on any atom is -0.487 e. The fourth-order valence-electron chi connectivity index (χ4n) is 4.85. The number of rotatable bonds is 7. The zero-order valence-corrected chi connectivity index (χ0v) is 18.5. The van der Waals surface area contributed by atoms with Gasteiger partial charge in [-0.05, 0) is 55.4 Å². The first-order valence-electron chi connectivity index (χ1n) is 10.4. The van der Waals surface area contributed by atoms with Crippen LogP contribution in [-0.2, 0) is 11.0 Å². The second-order valence-electron chi connectivity index (χ2n) is 9.28. The van der Waals surface area contributed by atoms with E-state index in [2.05, 4.69) is 4.90 Å². The van der Waals surface area contributed by atoms with E-state index in [0.717, 1.165) is 18.7 Å². The van der Waals surface area contributed by atoms with Crippen molar-refractivity contribution >= 4 is 16.6 Å². The molecule has 166 valence electrons. The Hall–Kier alpha value is -1.38. The van der Waals surface area contributed by atoms with Crippen LogP contribution < -0.4 is 4.74 Å². The molecule has 1 saturated heterocycles. The van der Waals surface area contributed by atoms with Crippen molar-refractivity contribution in [3.05, 3.63) is 35.4 Å². The third-order valence-electron chi connectivity index (χ3n) is 6.37. The number of likely N-dealkylation sites (tertiary alicyclic amines) is 1. The molecule has 2 fully saturated rings. The second kappa shape index (κ2) is 8.28. The van der Waals surface area contributed by atoms with E-state index >= 15 is 0 Å². The fourth-order valence-corrected chi connectivity index (χ4v) is 5.49. The molecule has 2 aliphatic heterocycles. The van der Waals surface area contributed by atoms with Gasteiger partial charge in [0.1, 0.15) is 5.67 Å². The molecule has 1 saturated carbocycles. The van der Waals surface area contributed by atoms with Crippen LogP contribution in [0.5, 0.6) is 5.75 Å². The van der Waals surface area contributed by atoms with E-state index in [1.807, 2.05) is 6.08 Å². The molecular formula is C22H29F3N2O2S. The van der Waals surface area contributed by atoms with Gasteiger partial charge in [0, 0.05) is 44.9 Å². The Morgan fingerprint density at radius 3 is 2.33 bits per heavy atom. The Kier molecular flexibility index (Phi) is 6.03. The number of hydrogen-bond donors (Lipinski definition) is 0. The first-order valence-corrected chi connectivity index (χ1v) is 11.9. The average Bonchev–Trinajstić information content (AvgIpc) is 3.11. The molecule has 3 unspecified atom stereocenters. The minimum atomic E-state index is -1.21. The molecule has 0 spiro atoms. The van der Waals surface area contributed by atoms with E-state index in [0.29, 0.717) is 43.5 Å². The van der Waals surface area contributed by atoms with E-state index in [1.165, 1.54) is 12.1 Å². The molecule has 0 N–H and O–H groups in total. The normalized spacial score (nSPS) is 28.2. The molecule has 0 amide bonds. The first kappa shape index (κ1) is 21.8. The van der Waals surface area contributed by atoms with Crippen LogP contribution in [0.3, 0.4) is 0 Å². The molecule has 0 radical (unpaired) electrons. The van der Waals surface area contributed by atoms with E-state index in [4.69, 9.17) is 4.74 Å². The third-order valence-corrected chi connectivity index (χ3v) is 7.43. The Morgan fingerprint density at radius 1 is 1.20 bits per heavy atom. The number of alkyl halides is 1. The molecule has 1 aromatic carbocycles. The predicted octanol–water partition coefficient (Wildman–Crippen LogP) is 3.65.